The van der Waals surface area contributed by atoms with E-state index in [0.717, 1.165) is 11.6 Å². The third-order valence-corrected chi connectivity index (χ3v) is 3.76. The molecule has 122 valence electrons. The third-order valence-electron chi connectivity index (χ3n) is 3.76. The first-order chi connectivity index (χ1) is 11.5. The van der Waals surface area contributed by atoms with Crippen molar-refractivity contribution in [2.45, 2.75) is 13.0 Å². The van der Waals surface area contributed by atoms with Crippen LogP contribution in [0.4, 0.5) is 8.78 Å². The van der Waals surface area contributed by atoms with Gasteiger partial charge in [-0.1, -0.05) is 24.3 Å². The van der Waals surface area contributed by atoms with Gasteiger partial charge in [-0.15, -0.1) is 0 Å². The molecule has 0 amide bonds. The Kier molecular flexibility index (Phi) is 4.37. The van der Waals surface area contributed by atoms with Crippen molar-refractivity contribution in [3.05, 3.63) is 89.0 Å². The largest absolute Gasteiger partial charge is 0.384 e. The van der Waals surface area contributed by atoms with Crippen LogP contribution in [-0.4, -0.2) is 15.4 Å². The minimum atomic E-state index is -0.597. The number of halogens is 2. The molecule has 4 nitrogen and oxygen atoms in total. The molecule has 0 radical (unpaired) electrons. The molecule has 0 saturated heterocycles. The van der Waals surface area contributed by atoms with Crippen molar-refractivity contribution < 1.29 is 8.78 Å². The molecule has 0 aliphatic rings. The van der Waals surface area contributed by atoms with Gasteiger partial charge in [0.1, 0.15) is 23.3 Å². The maximum absolute atomic E-state index is 13.8. The summed E-state index contributed by atoms with van der Waals surface area (Å²) in [6.45, 7) is 0.527. The number of nitrogen functional groups attached to an aromatic ring is 1. The first-order valence-electron chi connectivity index (χ1n) is 7.40. The van der Waals surface area contributed by atoms with E-state index in [0.29, 0.717) is 23.5 Å². The standard InChI is InChI=1S/C18H16F2N4/c19-15-5-4-13(16(20)10-15)9-17-23-6-7-24(17)11-12-2-1-3-14(8-12)18(21)22/h1-8,10H,9,11H2,(H3,21,22). The van der Waals surface area contributed by atoms with Crippen molar-refractivity contribution in [1.82, 2.24) is 9.55 Å². The number of rotatable bonds is 5. The summed E-state index contributed by atoms with van der Waals surface area (Å²) in [5.74, 6) is -0.492. The fourth-order valence-corrected chi connectivity index (χ4v) is 2.52. The van der Waals surface area contributed by atoms with Gasteiger partial charge >= 0.3 is 0 Å². The smallest absolute Gasteiger partial charge is 0.129 e. The zero-order chi connectivity index (χ0) is 17.1. The van der Waals surface area contributed by atoms with Crippen LogP contribution < -0.4 is 5.73 Å². The van der Waals surface area contributed by atoms with Crippen molar-refractivity contribution in [3.8, 4) is 0 Å². The maximum Gasteiger partial charge on any atom is 0.129 e. The molecule has 0 saturated carbocycles. The van der Waals surface area contributed by atoms with Gasteiger partial charge in [0.2, 0.25) is 0 Å². The van der Waals surface area contributed by atoms with Gasteiger partial charge in [-0.05, 0) is 23.3 Å². The number of benzene rings is 2. The molecule has 24 heavy (non-hydrogen) atoms. The lowest BCUT2D eigenvalue weighted by Gasteiger charge is -2.10. The van der Waals surface area contributed by atoms with E-state index in [4.69, 9.17) is 11.1 Å². The zero-order valence-electron chi connectivity index (χ0n) is 12.8. The molecular weight excluding hydrogens is 310 g/mol. The molecule has 0 aliphatic carbocycles. The van der Waals surface area contributed by atoms with Crippen LogP contribution in [0.25, 0.3) is 0 Å². The van der Waals surface area contributed by atoms with E-state index >= 15 is 0 Å². The molecule has 2 aromatic carbocycles. The topological polar surface area (TPSA) is 67.7 Å². The molecule has 3 N–H and O–H groups in total. The number of imidazole rings is 1. The van der Waals surface area contributed by atoms with E-state index < -0.39 is 11.6 Å². The summed E-state index contributed by atoms with van der Waals surface area (Å²) in [6, 6.07) is 10.9. The Balaban J connectivity index is 1.83. The molecule has 3 aromatic rings. The van der Waals surface area contributed by atoms with E-state index in [9.17, 15) is 8.78 Å². The number of nitrogens with zero attached hydrogens (tertiary/aromatic N) is 2. The Morgan fingerprint density at radius 2 is 2.00 bits per heavy atom. The highest BCUT2D eigenvalue weighted by molar-refractivity contribution is 5.95. The second-order valence-corrected chi connectivity index (χ2v) is 5.50. The molecule has 1 aromatic heterocycles. The highest BCUT2D eigenvalue weighted by Gasteiger charge is 2.10. The lowest BCUT2D eigenvalue weighted by molar-refractivity contribution is 0.572. The van der Waals surface area contributed by atoms with Crippen molar-refractivity contribution >= 4 is 5.84 Å². The van der Waals surface area contributed by atoms with Crippen LogP contribution in [0, 0.1) is 17.0 Å². The highest BCUT2D eigenvalue weighted by atomic mass is 19.1. The molecular formula is C18H16F2N4. The Hall–Kier alpha value is -3.02. The van der Waals surface area contributed by atoms with Crippen molar-refractivity contribution in [1.29, 1.82) is 5.41 Å². The molecule has 0 atom stereocenters. The van der Waals surface area contributed by atoms with E-state index in [-0.39, 0.29) is 12.3 Å². The fraction of sp³-hybridized carbons (Fsp3) is 0.111. The van der Waals surface area contributed by atoms with Gasteiger partial charge in [-0.2, -0.15) is 0 Å². The summed E-state index contributed by atoms with van der Waals surface area (Å²) in [4.78, 5) is 4.26. The van der Waals surface area contributed by atoms with Gasteiger partial charge in [0.25, 0.3) is 0 Å². The van der Waals surface area contributed by atoms with E-state index in [2.05, 4.69) is 4.98 Å². The number of hydrogen-bond donors (Lipinski definition) is 2. The van der Waals surface area contributed by atoms with Crippen LogP contribution in [0.3, 0.4) is 0 Å². The summed E-state index contributed by atoms with van der Waals surface area (Å²) in [5, 5.41) is 7.50. The van der Waals surface area contributed by atoms with E-state index in [1.165, 1.54) is 12.1 Å². The van der Waals surface area contributed by atoms with Gasteiger partial charge in [0.15, 0.2) is 0 Å². The SMILES string of the molecule is N=C(N)c1cccc(Cn2ccnc2Cc2ccc(F)cc2F)c1. The number of aromatic nitrogens is 2. The first kappa shape index (κ1) is 15.9. The number of nitrogens with one attached hydrogen (secondary N) is 1. The molecule has 0 unspecified atom stereocenters. The summed E-state index contributed by atoms with van der Waals surface area (Å²) in [7, 11) is 0. The fourth-order valence-electron chi connectivity index (χ4n) is 2.52. The van der Waals surface area contributed by atoms with Crippen LogP contribution in [0.2, 0.25) is 0 Å². The van der Waals surface area contributed by atoms with Crippen LogP contribution in [0.1, 0.15) is 22.5 Å². The summed E-state index contributed by atoms with van der Waals surface area (Å²) >= 11 is 0. The van der Waals surface area contributed by atoms with Crippen molar-refractivity contribution in [2.75, 3.05) is 0 Å². The van der Waals surface area contributed by atoms with Gasteiger partial charge in [-0.25, -0.2) is 13.8 Å². The Morgan fingerprint density at radius 1 is 1.17 bits per heavy atom. The minimum absolute atomic E-state index is 0.0103. The molecule has 1 heterocycles. The average molecular weight is 326 g/mol. The van der Waals surface area contributed by atoms with Crippen LogP contribution in [0.5, 0.6) is 0 Å². The second kappa shape index (κ2) is 6.62. The minimum Gasteiger partial charge on any atom is -0.384 e. The van der Waals surface area contributed by atoms with E-state index in [1.807, 2.05) is 22.8 Å². The summed E-state index contributed by atoms with van der Waals surface area (Å²) in [5.41, 5.74) is 7.51. The molecule has 0 bridgehead atoms. The predicted octanol–water partition coefficient (Wildman–Crippen LogP) is 3.08. The van der Waals surface area contributed by atoms with Gasteiger partial charge in [0, 0.05) is 37.0 Å². The molecule has 0 fully saturated rings. The lowest BCUT2D eigenvalue weighted by Crippen LogP contribution is -2.12. The molecule has 0 aliphatic heterocycles. The Bertz CT molecular complexity index is 886. The predicted molar refractivity (Wildman–Crippen MR) is 88.0 cm³/mol. The molecule has 6 heteroatoms. The van der Waals surface area contributed by atoms with Crippen LogP contribution in [-0.2, 0) is 13.0 Å². The highest BCUT2D eigenvalue weighted by Crippen LogP contribution is 2.15. The Labute approximate surface area is 138 Å². The third kappa shape index (κ3) is 3.48. The lowest BCUT2D eigenvalue weighted by atomic mass is 10.1. The average Bonchev–Trinajstić information content (AvgIpc) is 2.97. The molecule has 3 rings (SSSR count). The van der Waals surface area contributed by atoms with Gasteiger partial charge in [-0.3, -0.25) is 5.41 Å². The van der Waals surface area contributed by atoms with Crippen LogP contribution in [0.15, 0.2) is 54.9 Å². The zero-order valence-corrected chi connectivity index (χ0v) is 12.8. The van der Waals surface area contributed by atoms with Crippen molar-refractivity contribution in [2.24, 2.45) is 5.73 Å². The van der Waals surface area contributed by atoms with E-state index in [1.54, 1.807) is 18.5 Å². The second-order valence-electron chi connectivity index (χ2n) is 5.50. The maximum atomic E-state index is 13.8. The Morgan fingerprint density at radius 3 is 2.75 bits per heavy atom. The number of nitrogens with two attached hydrogens (primary N) is 1. The van der Waals surface area contributed by atoms with Crippen molar-refractivity contribution in [3.63, 3.8) is 0 Å². The number of hydrogen-bond acceptors (Lipinski definition) is 2. The molecule has 0 spiro atoms. The van der Waals surface area contributed by atoms with Gasteiger partial charge in [0.05, 0.1) is 0 Å². The normalized spacial score (nSPS) is 10.8. The van der Waals surface area contributed by atoms with Crippen LogP contribution >= 0.6 is 0 Å². The summed E-state index contributed by atoms with van der Waals surface area (Å²) in [6.07, 6.45) is 3.72. The first-order valence-corrected chi connectivity index (χ1v) is 7.40. The van der Waals surface area contributed by atoms with Gasteiger partial charge < -0.3 is 10.3 Å². The summed E-state index contributed by atoms with van der Waals surface area (Å²) < 4.78 is 28.7. The monoisotopic (exact) mass is 326 g/mol. The quantitative estimate of drug-likeness (QED) is 0.559. The number of amidine groups is 1.